The topological polar surface area (TPSA) is 65.1 Å². The number of aromatic nitrogens is 2. The molecule has 0 radical (unpaired) electrons. The summed E-state index contributed by atoms with van der Waals surface area (Å²) in [5.74, 6) is 5.76. The Morgan fingerprint density at radius 1 is 1.48 bits per heavy atom. The van der Waals surface area contributed by atoms with E-state index in [1.807, 2.05) is 22.9 Å². The third-order valence-corrected chi connectivity index (χ3v) is 4.50. The molecule has 0 bridgehead atoms. The summed E-state index contributed by atoms with van der Waals surface area (Å²) < 4.78 is 8.74. The summed E-state index contributed by atoms with van der Waals surface area (Å²) >= 11 is 13.3. The lowest BCUT2D eigenvalue weighted by molar-refractivity contribution is 0.182. The van der Waals surface area contributed by atoms with Crippen molar-refractivity contribution < 1.29 is 4.74 Å². The van der Waals surface area contributed by atoms with Crippen LogP contribution in [0.15, 0.2) is 33.3 Å². The summed E-state index contributed by atoms with van der Waals surface area (Å²) in [7, 11) is 1.65. The number of benzene rings is 1. The highest BCUT2D eigenvalue weighted by Crippen LogP contribution is 2.33. The molecule has 114 valence electrons. The Bertz CT molecular complexity index is 620. The molecule has 8 heteroatoms. The van der Waals surface area contributed by atoms with Crippen LogP contribution in [0.5, 0.6) is 0 Å². The van der Waals surface area contributed by atoms with Crippen molar-refractivity contribution in [3.05, 3.63) is 49.6 Å². The van der Waals surface area contributed by atoms with Crippen LogP contribution in [0.3, 0.4) is 0 Å². The van der Waals surface area contributed by atoms with Gasteiger partial charge in [0.05, 0.1) is 35.6 Å². The molecule has 3 N–H and O–H groups in total. The molecule has 0 fully saturated rings. The molecule has 1 aromatic heterocycles. The molecule has 5 nitrogen and oxygen atoms in total. The van der Waals surface area contributed by atoms with Gasteiger partial charge in [0.15, 0.2) is 0 Å². The van der Waals surface area contributed by atoms with Crippen LogP contribution in [0, 0.1) is 0 Å². The van der Waals surface area contributed by atoms with Crippen LogP contribution >= 0.6 is 43.5 Å². The van der Waals surface area contributed by atoms with E-state index < -0.39 is 0 Å². The minimum absolute atomic E-state index is 0.288. The highest BCUT2D eigenvalue weighted by molar-refractivity contribution is 9.10. The first-order valence-electron chi connectivity index (χ1n) is 6.19. The number of ether oxygens (including phenoxy) is 1. The molecule has 0 aliphatic carbocycles. The maximum atomic E-state index is 6.31. The number of rotatable bonds is 6. The molecule has 0 aliphatic rings. The number of hydrogen-bond donors (Lipinski definition) is 2. The van der Waals surface area contributed by atoms with Crippen LogP contribution in [0.2, 0.25) is 5.02 Å². The van der Waals surface area contributed by atoms with Gasteiger partial charge in [-0.3, -0.25) is 10.5 Å². The number of hydrazine groups is 1. The van der Waals surface area contributed by atoms with Gasteiger partial charge in [0.2, 0.25) is 0 Å². The maximum Gasteiger partial charge on any atom is 0.0904 e. The van der Waals surface area contributed by atoms with Gasteiger partial charge in [-0.2, -0.15) is 5.10 Å². The number of nitrogens with one attached hydrogen (secondary N) is 1. The summed E-state index contributed by atoms with van der Waals surface area (Å²) in [4.78, 5) is 0. The van der Waals surface area contributed by atoms with E-state index in [-0.39, 0.29) is 6.04 Å². The first-order chi connectivity index (χ1) is 10.1. The van der Waals surface area contributed by atoms with Gasteiger partial charge < -0.3 is 4.74 Å². The Morgan fingerprint density at radius 3 is 2.90 bits per heavy atom. The highest BCUT2D eigenvalue weighted by Gasteiger charge is 2.23. The molecule has 0 aliphatic heterocycles. The Balaban J connectivity index is 2.46. The van der Waals surface area contributed by atoms with Crippen molar-refractivity contribution in [1.82, 2.24) is 15.2 Å². The van der Waals surface area contributed by atoms with Crippen LogP contribution < -0.4 is 11.3 Å². The van der Waals surface area contributed by atoms with Crippen molar-refractivity contribution in [2.24, 2.45) is 5.84 Å². The van der Waals surface area contributed by atoms with Crippen LogP contribution in [0.4, 0.5) is 0 Å². The second-order valence-electron chi connectivity index (χ2n) is 4.36. The number of nitrogens with two attached hydrogens (primary N) is 1. The van der Waals surface area contributed by atoms with E-state index in [2.05, 4.69) is 42.4 Å². The Kier molecular flexibility index (Phi) is 6.21. The van der Waals surface area contributed by atoms with E-state index in [4.69, 9.17) is 22.2 Å². The largest absolute Gasteiger partial charge is 0.383 e. The summed E-state index contributed by atoms with van der Waals surface area (Å²) in [6.45, 7) is 1.19. The molecular formula is C13H15Br2ClN4O. The third-order valence-electron chi connectivity index (χ3n) is 3.05. The van der Waals surface area contributed by atoms with Gasteiger partial charge in [-0.05, 0) is 39.7 Å². The van der Waals surface area contributed by atoms with Gasteiger partial charge in [-0.15, -0.1) is 0 Å². The monoisotopic (exact) mass is 436 g/mol. The third kappa shape index (κ3) is 3.85. The molecular weight excluding hydrogens is 423 g/mol. The highest BCUT2D eigenvalue weighted by atomic mass is 79.9. The minimum Gasteiger partial charge on any atom is -0.383 e. The summed E-state index contributed by atoms with van der Waals surface area (Å²) in [6.07, 6.45) is 1.74. The molecule has 0 spiro atoms. The Labute approximate surface area is 145 Å². The van der Waals surface area contributed by atoms with E-state index in [0.717, 1.165) is 20.2 Å². The van der Waals surface area contributed by atoms with Crippen LogP contribution in [-0.4, -0.2) is 23.5 Å². The van der Waals surface area contributed by atoms with Gasteiger partial charge in [0, 0.05) is 16.6 Å². The molecule has 1 unspecified atom stereocenters. The molecule has 0 saturated heterocycles. The summed E-state index contributed by atoms with van der Waals surface area (Å²) in [6, 6.07) is 5.36. The van der Waals surface area contributed by atoms with E-state index in [0.29, 0.717) is 18.2 Å². The van der Waals surface area contributed by atoms with Gasteiger partial charge in [-0.25, -0.2) is 5.43 Å². The van der Waals surface area contributed by atoms with Crippen molar-refractivity contribution in [3.63, 3.8) is 0 Å². The van der Waals surface area contributed by atoms with Crippen molar-refractivity contribution in [2.45, 2.75) is 12.6 Å². The lowest BCUT2D eigenvalue weighted by Crippen LogP contribution is -2.31. The predicted octanol–water partition coefficient (Wildman–Crippen LogP) is 3.26. The fourth-order valence-corrected chi connectivity index (χ4v) is 3.20. The fourth-order valence-electron chi connectivity index (χ4n) is 2.07. The molecule has 1 heterocycles. The normalized spacial score (nSPS) is 12.6. The van der Waals surface area contributed by atoms with E-state index in [9.17, 15) is 0 Å². The van der Waals surface area contributed by atoms with Crippen molar-refractivity contribution in [2.75, 3.05) is 13.7 Å². The standard InChI is InChI=1S/C13H15Br2ClN4O/c1-21-5-4-20-13(10(15)7-18-20)12(19-17)9-6-8(14)2-3-11(9)16/h2-3,6-7,12,19H,4-5,17H2,1H3. The number of halogens is 3. The maximum absolute atomic E-state index is 6.31. The average Bonchev–Trinajstić information content (AvgIpc) is 2.83. The molecule has 0 saturated carbocycles. The molecule has 1 aromatic carbocycles. The number of methoxy groups -OCH3 is 1. The lowest BCUT2D eigenvalue weighted by atomic mass is 10.0. The summed E-state index contributed by atoms with van der Waals surface area (Å²) in [5, 5.41) is 4.97. The van der Waals surface area contributed by atoms with Gasteiger partial charge in [-0.1, -0.05) is 27.5 Å². The molecule has 1 atom stereocenters. The smallest absolute Gasteiger partial charge is 0.0904 e. The van der Waals surface area contributed by atoms with Gasteiger partial charge in [0.25, 0.3) is 0 Å². The van der Waals surface area contributed by atoms with E-state index in [1.165, 1.54) is 0 Å². The molecule has 21 heavy (non-hydrogen) atoms. The van der Waals surface area contributed by atoms with Crippen LogP contribution in [-0.2, 0) is 11.3 Å². The quantitative estimate of drug-likeness (QED) is 0.537. The van der Waals surface area contributed by atoms with E-state index >= 15 is 0 Å². The van der Waals surface area contributed by atoms with E-state index in [1.54, 1.807) is 13.3 Å². The van der Waals surface area contributed by atoms with Crippen molar-refractivity contribution in [1.29, 1.82) is 0 Å². The fraction of sp³-hybridized carbons (Fsp3) is 0.308. The van der Waals surface area contributed by atoms with Gasteiger partial charge >= 0.3 is 0 Å². The SMILES string of the molecule is COCCn1ncc(Br)c1C(NN)c1cc(Br)ccc1Cl. The first kappa shape index (κ1) is 16.9. The second kappa shape index (κ2) is 7.71. The Morgan fingerprint density at radius 2 is 2.24 bits per heavy atom. The molecule has 2 rings (SSSR count). The first-order valence-corrected chi connectivity index (χ1v) is 8.16. The number of nitrogens with zero attached hydrogens (tertiary/aromatic N) is 2. The zero-order chi connectivity index (χ0) is 15.4. The summed E-state index contributed by atoms with van der Waals surface area (Å²) in [5.41, 5.74) is 4.58. The number of hydrogen-bond acceptors (Lipinski definition) is 4. The second-order valence-corrected chi connectivity index (χ2v) is 6.54. The van der Waals surface area contributed by atoms with Crippen molar-refractivity contribution >= 4 is 43.5 Å². The average molecular weight is 439 g/mol. The molecule has 0 amide bonds. The minimum atomic E-state index is -0.288. The zero-order valence-corrected chi connectivity index (χ0v) is 15.2. The van der Waals surface area contributed by atoms with Gasteiger partial charge in [0.1, 0.15) is 0 Å². The van der Waals surface area contributed by atoms with Crippen molar-refractivity contribution in [3.8, 4) is 0 Å². The zero-order valence-electron chi connectivity index (χ0n) is 11.3. The Hall–Kier alpha value is -0.440. The van der Waals surface area contributed by atoms with Crippen LogP contribution in [0.25, 0.3) is 0 Å². The lowest BCUT2D eigenvalue weighted by Gasteiger charge is -2.20. The predicted molar refractivity (Wildman–Crippen MR) is 90.1 cm³/mol. The molecule has 2 aromatic rings. The van der Waals surface area contributed by atoms with Crippen LogP contribution in [0.1, 0.15) is 17.3 Å².